The van der Waals surface area contributed by atoms with E-state index in [4.69, 9.17) is 0 Å². The Balaban J connectivity index is 1.48. The molecule has 1 aromatic rings. The lowest BCUT2D eigenvalue weighted by molar-refractivity contribution is 0.0518. The van der Waals surface area contributed by atoms with Crippen LogP contribution >= 0.6 is 0 Å². The van der Waals surface area contributed by atoms with Crippen LogP contribution in [0.4, 0.5) is 0 Å². The van der Waals surface area contributed by atoms with E-state index in [0.717, 1.165) is 24.9 Å². The molecule has 0 N–H and O–H groups in total. The standard InChI is InChI=1S/C20H32N2/c1-3-18-8-10-19(11-9-18)16-21-12-14-22(15-13-21)20-7-5-4-6-17(20)2/h8-11,17,20H,3-7,12-16H2,1-2H3/t17-,20+/m1/s1. The van der Waals surface area contributed by atoms with E-state index in [1.807, 2.05) is 0 Å². The monoisotopic (exact) mass is 300 g/mol. The minimum absolute atomic E-state index is 0.861. The van der Waals surface area contributed by atoms with Gasteiger partial charge >= 0.3 is 0 Å². The molecule has 0 aromatic heterocycles. The Kier molecular flexibility index (Phi) is 5.54. The van der Waals surface area contributed by atoms with E-state index in [9.17, 15) is 0 Å². The molecule has 122 valence electrons. The molecule has 22 heavy (non-hydrogen) atoms. The first-order chi connectivity index (χ1) is 10.8. The normalized spacial score (nSPS) is 27.9. The molecule has 1 aromatic carbocycles. The number of nitrogens with zero attached hydrogens (tertiary/aromatic N) is 2. The van der Waals surface area contributed by atoms with Crippen molar-refractivity contribution in [2.75, 3.05) is 26.2 Å². The maximum Gasteiger partial charge on any atom is 0.0234 e. The molecule has 2 nitrogen and oxygen atoms in total. The Morgan fingerprint density at radius 3 is 2.18 bits per heavy atom. The quantitative estimate of drug-likeness (QED) is 0.831. The minimum atomic E-state index is 0.861. The van der Waals surface area contributed by atoms with Gasteiger partial charge in [-0.25, -0.2) is 0 Å². The predicted octanol–water partition coefficient (Wildman–Crippen LogP) is 3.95. The predicted molar refractivity (Wildman–Crippen MR) is 94.1 cm³/mol. The Morgan fingerprint density at radius 1 is 0.909 bits per heavy atom. The first-order valence-corrected chi connectivity index (χ1v) is 9.30. The van der Waals surface area contributed by atoms with E-state index >= 15 is 0 Å². The molecule has 1 aliphatic carbocycles. The third-order valence-corrected chi connectivity index (χ3v) is 5.78. The van der Waals surface area contributed by atoms with Gasteiger partial charge in [0.15, 0.2) is 0 Å². The first-order valence-electron chi connectivity index (χ1n) is 9.30. The van der Waals surface area contributed by atoms with Gasteiger partial charge in [0.2, 0.25) is 0 Å². The van der Waals surface area contributed by atoms with Crippen LogP contribution in [0.5, 0.6) is 0 Å². The van der Waals surface area contributed by atoms with Gasteiger partial charge in [-0.3, -0.25) is 9.80 Å². The number of rotatable bonds is 4. The largest absolute Gasteiger partial charge is 0.298 e. The Bertz CT molecular complexity index is 445. The summed E-state index contributed by atoms with van der Waals surface area (Å²) in [6.45, 7) is 10.8. The smallest absolute Gasteiger partial charge is 0.0234 e. The molecule has 1 saturated carbocycles. The Morgan fingerprint density at radius 2 is 1.55 bits per heavy atom. The molecule has 0 bridgehead atoms. The summed E-state index contributed by atoms with van der Waals surface area (Å²) < 4.78 is 0. The highest BCUT2D eigenvalue weighted by Crippen LogP contribution is 2.28. The first kappa shape index (κ1) is 16.0. The molecule has 0 radical (unpaired) electrons. The molecule has 0 unspecified atom stereocenters. The van der Waals surface area contributed by atoms with Crippen molar-refractivity contribution in [2.45, 2.75) is 58.5 Å². The number of hydrogen-bond donors (Lipinski definition) is 0. The van der Waals surface area contributed by atoms with Gasteiger partial charge in [0.25, 0.3) is 0 Å². The van der Waals surface area contributed by atoms with Gasteiger partial charge in [0.1, 0.15) is 0 Å². The van der Waals surface area contributed by atoms with Crippen molar-refractivity contribution in [3.05, 3.63) is 35.4 Å². The van der Waals surface area contributed by atoms with E-state index in [0.29, 0.717) is 0 Å². The van der Waals surface area contributed by atoms with Crippen LogP contribution in [-0.2, 0) is 13.0 Å². The van der Waals surface area contributed by atoms with Crippen LogP contribution in [0.25, 0.3) is 0 Å². The number of benzene rings is 1. The summed E-state index contributed by atoms with van der Waals surface area (Å²) >= 11 is 0. The van der Waals surface area contributed by atoms with E-state index in [-0.39, 0.29) is 0 Å². The average molecular weight is 300 g/mol. The Labute approximate surface area is 136 Å². The van der Waals surface area contributed by atoms with Crippen molar-refractivity contribution in [1.29, 1.82) is 0 Å². The highest BCUT2D eigenvalue weighted by atomic mass is 15.3. The highest BCUT2D eigenvalue weighted by Gasteiger charge is 2.29. The van der Waals surface area contributed by atoms with Crippen LogP contribution in [0, 0.1) is 5.92 Å². The second-order valence-electron chi connectivity index (χ2n) is 7.31. The maximum absolute atomic E-state index is 2.78. The number of aryl methyl sites for hydroxylation is 1. The van der Waals surface area contributed by atoms with Gasteiger partial charge in [-0.1, -0.05) is 51.0 Å². The van der Waals surface area contributed by atoms with Gasteiger partial charge in [-0.05, 0) is 36.3 Å². The van der Waals surface area contributed by atoms with Crippen molar-refractivity contribution < 1.29 is 0 Å². The lowest BCUT2D eigenvalue weighted by atomic mass is 9.84. The van der Waals surface area contributed by atoms with Crippen LogP contribution in [0.15, 0.2) is 24.3 Å². The third-order valence-electron chi connectivity index (χ3n) is 5.78. The van der Waals surface area contributed by atoms with Gasteiger partial charge in [0.05, 0.1) is 0 Å². The highest BCUT2D eigenvalue weighted by molar-refractivity contribution is 5.22. The molecule has 2 atom stereocenters. The summed E-state index contributed by atoms with van der Waals surface area (Å²) in [5.41, 5.74) is 2.91. The fourth-order valence-corrected chi connectivity index (χ4v) is 4.23. The van der Waals surface area contributed by atoms with Gasteiger partial charge in [0, 0.05) is 38.8 Å². The summed E-state index contributed by atoms with van der Waals surface area (Å²) in [7, 11) is 0. The summed E-state index contributed by atoms with van der Waals surface area (Å²) in [5.74, 6) is 0.905. The molecule has 2 heteroatoms. The van der Waals surface area contributed by atoms with Crippen molar-refractivity contribution in [2.24, 2.45) is 5.92 Å². The fraction of sp³-hybridized carbons (Fsp3) is 0.700. The van der Waals surface area contributed by atoms with Gasteiger partial charge in [-0.2, -0.15) is 0 Å². The van der Waals surface area contributed by atoms with Crippen molar-refractivity contribution >= 4 is 0 Å². The van der Waals surface area contributed by atoms with Crippen molar-refractivity contribution in [3.63, 3.8) is 0 Å². The lowest BCUT2D eigenvalue weighted by Crippen LogP contribution is -2.52. The molecule has 1 saturated heterocycles. The zero-order valence-corrected chi connectivity index (χ0v) is 14.4. The second kappa shape index (κ2) is 7.61. The molecule has 2 fully saturated rings. The summed E-state index contributed by atoms with van der Waals surface area (Å²) in [5, 5.41) is 0. The average Bonchev–Trinajstić information content (AvgIpc) is 2.57. The minimum Gasteiger partial charge on any atom is -0.298 e. The van der Waals surface area contributed by atoms with Crippen molar-refractivity contribution in [1.82, 2.24) is 9.80 Å². The van der Waals surface area contributed by atoms with E-state index in [2.05, 4.69) is 47.9 Å². The van der Waals surface area contributed by atoms with Crippen LogP contribution < -0.4 is 0 Å². The summed E-state index contributed by atoms with van der Waals surface area (Å²) in [6.07, 6.45) is 6.90. The fourth-order valence-electron chi connectivity index (χ4n) is 4.23. The van der Waals surface area contributed by atoms with Gasteiger partial charge < -0.3 is 0 Å². The second-order valence-corrected chi connectivity index (χ2v) is 7.31. The number of piperazine rings is 1. The molecule has 1 heterocycles. The summed E-state index contributed by atoms with van der Waals surface area (Å²) in [4.78, 5) is 5.41. The van der Waals surface area contributed by atoms with Crippen molar-refractivity contribution in [3.8, 4) is 0 Å². The van der Waals surface area contributed by atoms with E-state index in [1.165, 1.54) is 63.0 Å². The van der Waals surface area contributed by atoms with Crippen LogP contribution in [-0.4, -0.2) is 42.0 Å². The molecule has 0 spiro atoms. The molecular formula is C20H32N2. The van der Waals surface area contributed by atoms with Crippen LogP contribution in [0.2, 0.25) is 0 Å². The molecular weight excluding hydrogens is 268 g/mol. The van der Waals surface area contributed by atoms with Crippen LogP contribution in [0.3, 0.4) is 0 Å². The van der Waals surface area contributed by atoms with E-state index in [1.54, 1.807) is 0 Å². The molecule has 1 aliphatic heterocycles. The SMILES string of the molecule is CCc1ccc(CN2CCN([C@H]3CCCC[C@H]3C)CC2)cc1. The molecule has 2 aliphatic rings. The molecule has 3 rings (SSSR count). The zero-order valence-electron chi connectivity index (χ0n) is 14.4. The van der Waals surface area contributed by atoms with E-state index < -0.39 is 0 Å². The maximum atomic E-state index is 2.78. The van der Waals surface area contributed by atoms with Crippen LogP contribution in [0.1, 0.15) is 50.7 Å². The number of hydrogen-bond acceptors (Lipinski definition) is 2. The molecule has 0 amide bonds. The third kappa shape index (κ3) is 3.91. The zero-order chi connectivity index (χ0) is 15.4. The Hall–Kier alpha value is -0.860. The summed E-state index contributed by atoms with van der Waals surface area (Å²) in [6, 6.07) is 10.1. The lowest BCUT2D eigenvalue weighted by Gasteiger charge is -2.43. The topological polar surface area (TPSA) is 6.48 Å². The van der Waals surface area contributed by atoms with Gasteiger partial charge in [-0.15, -0.1) is 0 Å².